The molecule has 0 amide bonds. The van der Waals surface area contributed by atoms with Crippen LogP contribution in [0.3, 0.4) is 0 Å². The Balaban J connectivity index is 2.37. The van der Waals surface area contributed by atoms with Gasteiger partial charge in [0.15, 0.2) is 5.03 Å². The van der Waals surface area contributed by atoms with Crippen molar-refractivity contribution in [3.05, 3.63) is 42.4 Å². The maximum Gasteiger partial charge on any atom is 0.281 e. The van der Waals surface area contributed by atoms with E-state index in [0.717, 1.165) is 0 Å². The van der Waals surface area contributed by atoms with Crippen molar-refractivity contribution in [1.82, 2.24) is 9.97 Å². The Labute approximate surface area is 105 Å². The summed E-state index contributed by atoms with van der Waals surface area (Å²) >= 11 is 0. The van der Waals surface area contributed by atoms with Gasteiger partial charge in [-0.1, -0.05) is 0 Å². The molecule has 0 fully saturated rings. The lowest BCUT2D eigenvalue weighted by Crippen LogP contribution is -2.16. The van der Waals surface area contributed by atoms with E-state index < -0.39 is 10.0 Å². The quantitative estimate of drug-likeness (QED) is 0.867. The lowest BCUT2D eigenvalue weighted by Gasteiger charge is -2.09. The summed E-state index contributed by atoms with van der Waals surface area (Å²) in [5, 5.41) is -0.181. The van der Waals surface area contributed by atoms with Crippen LogP contribution in [0.15, 0.2) is 41.7 Å². The number of nitrogens with zero attached hydrogens (tertiary/aromatic N) is 2. The van der Waals surface area contributed by atoms with Gasteiger partial charge < -0.3 is 5.73 Å². The summed E-state index contributed by atoms with van der Waals surface area (Å²) in [6.07, 6.45) is 2.90. The summed E-state index contributed by atoms with van der Waals surface area (Å²) in [5.74, 6) is 0. The van der Waals surface area contributed by atoms with Gasteiger partial charge in [0, 0.05) is 18.1 Å². The number of nitrogen functional groups attached to an aromatic ring is 1. The number of anilines is 2. The molecular weight excluding hydrogens is 252 g/mol. The number of hydrogen-bond donors (Lipinski definition) is 2. The van der Waals surface area contributed by atoms with Crippen LogP contribution >= 0.6 is 0 Å². The van der Waals surface area contributed by atoms with Gasteiger partial charge in [0.2, 0.25) is 0 Å². The number of rotatable bonds is 3. The molecule has 94 valence electrons. The predicted octanol–water partition coefficient (Wildman–Crippen LogP) is 1.17. The molecule has 0 aromatic carbocycles. The van der Waals surface area contributed by atoms with Crippen LogP contribution in [-0.2, 0) is 10.0 Å². The lowest BCUT2D eigenvalue weighted by atomic mass is 10.3. The minimum Gasteiger partial charge on any atom is -0.396 e. The first-order chi connectivity index (χ1) is 8.49. The lowest BCUT2D eigenvalue weighted by molar-refractivity contribution is 0.598. The molecule has 2 aromatic heterocycles. The second kappa shape index (κ2) is 4.61. The van der Waals surface area contributed by atoms with Crippen LogP contribution in [0, 0.1) is 6.92 Å². The molecule has 0 spiro atoms. The summed E-state index contributed by atoms with van der Waals surface area (Å²) in [7, 11) is -3.77. The first-order valence-corrected chi connectivity index (χ1v) is 6.63. The van der Waals surface area contributed by atoms with Crippen molar-refractivity contribution in [1.29, 1.82) is 0 Å². The summed E-state index contributed by atoms with van der Waals surface area (Å²) < 4.78 is 26.5. The van der Waals surface area contributed by atoms with E-state index >= 15 is 0 Å². The molecule has 0 aliphatic carbocycles. The maximum absolute atomic E-state index is 12.1. The van der Waals surface area contributed by atoms with Gasteiger partial charge in [0.1, 0.15) is 0 Å². The molecule has 2 rings (SSSR count). The minimum absolute atomic E-state index is 0.107. The number of nitrogens with two attached hydrogens (primary N) is 1. The summed E-state index contributed by atoms with van der Waals surface area (Å²) in [6, 6.07) is 6.24. The summed E-state index contributed by atoms with van der Waals surface area (Å²) in [4.78, 5) is 7.76. The molecular formula is C11H12N4O2S. The van der Waals surface area contributed by atoms with Crippen molar-refractivity contribution in [2.24, 2.45) is 0 Å². The number of hydrogen-bond acceptors (Lipinski definition) is 5. The molecule has 2 aromatic rings. The Morgan fingerprint density at radius 3 is 2.67 bits per heavy atom. The highest BCUT2D eigenvalue weighted by atomic mass is 32.2. The number of nitrogens with one attached hydrogen (secondary N) is 1. The Morgan fingerprint density at radius 1 is 1.22 bits per heavy atom. The average Bonchev–Trinajstić information content (AvgIpc) is 2.28. The molecule has 0 atom stereocenters. The van der Waals surface area contributed by atoms with Gasteiger partial charge >= 0.3 is 0 Å². The third-order valence-electron chi connectivity index (χ3n) is 2.20. The molecule has 0 radical (unpaired) electrons. The fraction of sp³-hybridized carbons (Fsp3) is 0.0909. The van der Waals surface area contributed by atoms with E-state index in [0.29, 0.717) is 11.4 Å². The highest BCUT2D eigenvalue weighted by Crippen LogP contribution is 2.18. The fourth-order valence-corrected chi connectivity index (χ4v) is 2.55. The molecule has 3 N–H and O–H groups in total. The highest BCUT2D eigenvalue weighted by Gasteiger charge is 2.18. The predicted molar refractivity (Wildman–Crippen MR) is 68.4 cm³/mol. The zero-order chi connectivity index (χ0) is 13.2. The third kappa shape index (κ3) is 2.57. The second-order valence-electron chi connectivity index (χ2n) is 3.69. The third-order valence-corrected chi connectivity index (χ3v) is 3.56. The molecule has 0 unspecified atom stereocenters. The van der Waals surface area contributed by atoms with Gasteiger partial charge in [-0.05, 0) is 31.2 Å². The number of sulfonamides is 1. The number of pyridine rings is 2. The van der Waals surface area contributed by atoms with E-state index in [-0.39, 0.29) is 10.7 Å². The average molecular weight is 264 g/mol. The molecule has 0 aliphatic heterocycles. The first-order valence-electron chi connectivity index (χ1n) is 5.15. The molecule has 0 saturated carbocycles. The van der Waals surface area contributed by atoms with Crippen LogP contribution in [0.25, 0.3) is 0 Å². The summed E-state index contributed by atoms with van der Waals surface area (Å²) in [5.41, 5.74) is 6.84. The Hall–Kier alpha value is -2.15. The normalized spacial score (nSPS) is 11.2. The van der Waals surface area contributed by atoms with Crippen LogP contribution < -0.4 is 10.5 Å². The van der Waals surface area contributed by atoms with Gasteiger partial charge in [-0.3, -0.25) is 9.71 Å². The summed E-state index contributed by atoms with van der Waals surface area (Å²) in [6.45, 7) is 1.77. The molecule has 6 nitrogen and oxygen atoms in total. The van der Waals surface area contributed by atoms with Crippen molar-refractivity contribution < 1.29 is 8.42 Å². The van der Waals surface area contributed by atoms with E-state index in [9.17, 15) is 8.42 Å². The van der Waals surface area contributed by atoms with Gasteiger partial charge in [-0.15, -0.1) is 0 Å². The first kappa shape index (κ1) is 12.3. The largest absolute Gasteiger partial charge is 0.396 e. The van der Waals surface area contributed by atoms with Gasteiger partial charge in [-0.2, -0.15) is 8.42 Å². The van der Waals surface area contributed by atoms with Gasteiger partial charge in [0.25, 0.3) is 10.0 Å². The topological polar surface area (TPSA) is 98.0 Å². The van der Waals surface area contributed by atoms with E-state index in [2.05, 4.69) is 14.7 Å². The monoisotopic (exact) mass is 264 g/mol. The molecule has 7 heteroatoms. The zero-order valence-electron chi connectivity index (χ0n) is 9.66. The molecule has 2 heterocycles. The minimum atomic E-state index is -3.77. The van der Waals surface area contributed by atoms with Crippen LogP contribution in [0.1, 0.15) is 5.69 Å². The number of aryl methyl sites for hydroxylation is 1. The number of aromatic nitrogens is 2. The van der Waals surface area contributed by atoms with E-state index in [1.54, 1.807) is 25.1 Å². The Bertz CT molecular complexity index is 670. The smallest absolute Gasteiger partial charge is 0.281 e. The van der Waals surface area contributed by atoms with Crippen molar-refractivity contribution in [3.8, 4) is 0 Å². The zero-order valence-corrected chi connectivity index (χ0v) is 10.5. The van der Waals surface area contributed by atoms with Crippen LogP contribution in [0.5, 0.6) is 0 Å². The van der Waals surface area contributed by atoms with E-state index in [4.69, 9.17) is 5.73 Å². The molecule has 0 saturated heterocycles. The fourth-order valence-electron chi connectivity index (χ4n) is 1.44. The molecule has 0 aliphatic rings. The van der Waals surface area contributed by atoms with Crippen molar-refractivity contribution >= 4 is 21.4 Å². The Kier molecular flexibility index (Phi) is 3.15. The highest BCUT2D eigenvalue weighted by molar-refractivity contribution is 7.92. The van der Waals surface area contributed by atoms with Crippen molar-refractivity contribution in [2.75, 3.05) is 10.5 Å². The standard InChI is InChI=1S/C11H12N4O2S/c1-8-7-9(4-6-13-8)15-18(16,17)11-10(12)3-2-5-14-11/h2-7H,12H2,1H3,(H,13,15). The van der Waals surface area contributed by atoms with Crippen molar-refractivity contribution in [3.63, 3.8) is 0 Å². The SMILES string of the molecule is Cc1cc(NS(=O)(=O)c2ncccc2N)ccn1. The van der Waals surface area contributed by atoms with Crippen LogP contribution in [0.2, 0.25) is 0 Å². The molecule has 18 heavy (non-hydrogen) atoms. The van der Waals surface area contributed by atoms with Crippen molar-refractivity contribution in [2.45, 2.75) is 11.9 Å². The van der Waals surface area contributed by atoms with Gasteiger partial charge in [0.05, 0.1) is 11.4 Å². The second-order valence-corrected chi connectivity index (χ2v) is 5.29. The molecule has 0 bridgehead atoms. The van der Waals surface area contributed by atoms with Crippen LogP contribution in [0.4, 0.5) is 11.4 Å². The van der Waals surface area contributed by atoms with E-state index in [1.165, 1.54) is 18.5 Å². The maximum atomic E-state index is 12.1. The van der Waals surface area contributed by atoms with Gasteiger partial charge in [-0.25, -0.2) is 4.98 Å². The van der Waals surface area contributed by atoms with E-state index in [1.807, 2.05) is 0 Å². The van der Waals surface area contributed by atoms with Crippen LogP contribution in [-0.4, -0.2) is 18.4 Å². The Morgan fingerprint density at radius 2 is 2.00 bits per heavy atom.